The number of aromatic nitrogens is 2. The summed E-state index contributed by atoms with van der Waals surface area (Å²) in [5.41, 5.74) is 3.13. The fourth-order valence-corrected chi connectivity index (χ4v) is 3.43. The number of nitrogens with zero attached hydrogens (tertiary/aromatic N) is 3. The molecule has 1 aromatic heterocycles. The summed E-state index contributed by atoms with van der Waals surface area (Å²) < 4.78 is 0. The molecule has 8 heteroatoms. The van der Waals surface area contributed by atoms with E-state index in [1.807, 2.05) is 37.3 Å². The largest absolute Gasteiger partial charge is 0.340 e. The number of anilines is 4. The van der Waals surface area contributed by atoms with Crippen LogP contribution in [0.1, 0.15) is 12.1 Å². The molecule has 2 aromatic carbocycles. The van der Waals surface area contributed by atoms with E-state index in [2.05, 4.69) is 20.6 Å². The Morgan fingerprint density at radius 3 is 2.47 bits per heavy atom. The summed E-state index contributed by atoms with van der Waals surface area (Å²) >= 11 is 5.91. The second-order valence-electron chi connectivity index (χ2n) is 7.12. The third kappa shape index (κ3) is 4.58. The summed E-state index contributed by atoms with van der Waals surface area (Å²) in [6.45, 7) is 2.24. The maximum atomic E-state index is 12.7. The van der Waals surface area contributed by atoms with E-state index in [0.717, 1.165) is 17.1 Å². The molecule has 0 saturated carbocycles. The molecule has 152 valence electrons. The molecule has 0 radical (unpaired) electrons. The highest BCUT2D eigenvalue weighted by atomic mass is 35.5. The van der Waals surface area contributed by atoms with Crippen LogP contribution in [0.5, 0.6) is 0 Å². The van der Waals surface area contributed by atoms with E-state index in [1.165, 1.54) is 6.33 Å². The minimum Gasteiger partial charge on any atom is -0.340 e. The third-order valence-electron chi connectivity index (χ3n) is 4.86. The molecular formula is C22H20ClN5O2. The monoisotopic (exact) mass is 421 g/mol. The van der Waals surface area contributed by atoms with Crippen LogP contribution < -0.4 is 15.5 Å². The Balaban J connectivity index is 1.37. The standard InChI is InChI=1S/C22H20ClN5O2/c1-14-10-20(25-13-24-14)26-17-4-6-18(7-5-17)27-22(30)15-11-21(29)28(12-15)19-8-2-16(23)3-9-19/h2-10,13,15H,11-12H2,1H3,(H,27,30)(H,24,25,26). The van der Waals surface area contributed by atoms with Crippen LogP contribution in [0.25, 0.3) is 0 Å². The summed E-state index contributed by atoms with van der Waals surface area (Å²) in [5.74, 6) is 0.0464. The number of benzene rings is 2. The number of aryl methyl sites for hydroxylation is 1. The van der Waals surface area contributed by atoms with Crippen molar-refractivity contribution >= 4 is 46.3 Å². The minimum atomic E-state index is -0.407. The fourth-order valence-electron chi connectivity index (χ4n) is 3.31. The van der Waals surface area contributed by atoms with Gasteiger partial charge >= 0.3 is 0 Å². The van der Waals surface area contributed by atoms with Crippen molar-refractivity contribution in [1.29, 1.82) is 0 Å². The molecule has 0 spiro atoms. The summed E-state index contributed by atoms with van der Waals surface area (Å²) in [5, 5.41) is 6.69. The number of rotatable bonds is 5. The second-order valence-corrected chi connectivity index (χ2v) is 7.55. The highest BCUT2D eigenvalue weighted by Gasteiger charge is 2.35. The lowest BCUT2D eigenvalue weighted by molar-refractivity contribution is -0.122. The van der Waals surface area contributed by atoms with Gasteiger partial charge in [-0.15, -0.1) is 0 Å². The van der Waals surface area contributed by atoms with E-state index in [1.54, 1.807) is 29.2 Å². The van der Waals surface area contributed by atoms with E-state index >= 15 is 0 Å². The van der Waals surface area contributed by atoms with Crippen molar-refractivity contribution in [2.24, 2.45) is 5.92 Å². The zero-order chi connectivity index (χ0) is 21.1. The van der Waals surface area contributed by atoms with Gasteiger partial charge in [0.25, 0.3) is 0 Å². The Kier molecular flexibility index (Phi) is 5.63. The van der Waals surface area contributed by atoms with E-state index in [9.17, 15) is 9.59 Å². The first kappa shape index (κ1) is 19.8. The third-order valence-corrected chi connectivity index (χ3v) is 5.11. The predicted octanol–water partition coefficient (Wildman–Crippen LogP) is 4.17. The summed E-state index contributed by atoms with van der Waals surface area (Å²) in [7, 11) is 0. The van der Waals surface area contributed by atoms with Crippen molar-refractivity contribution < 1.29 is 9.59 Å². The minimum absolute atomic E-state index is 0.0721. The number of carbonyl (C=O) groups is 2. The van der Waals surface area contributed by atoms with Gasteiger partial charge in [0.2, 0.25) is 11.8 Å². The Morgan fingerprint density at radius 1 is 1.07 bits per heavy atom. The lowest BCUT2D eigenvalue weighted by Gasteiger charge is -2.17. The normalized spacial score (nSPS) is 15.9. The van der Waals surface area contributed by atoms with Crippen LogP contribution in [0.2, 0.25) is 5.02 Å². The second kappa shape index (κ2) is 8.51. The van der Waals surface area contributed by atoms with Gasteiger partial charge in [0, 0.05) is 46.8 Å². The Hall–Kier alpha value is -3.45. The lowest BCUT2D eigenvalue weighted by Crippen LogP contribution is -2.28. The molecule has 4 rings (SSSR count). The number of hydrogen-bond acceptors (Lipinski definition) is 5. The van der Waals surface area contributed by atoms with Crippen LogP contribution in [0, 0.1) is 12.8 Å². The van der Waals surface area contributed by atoms with Gasteiger partial charge < -0.3 is 15.5 Å². The molecule has 2 amide bonds. The molecule has 0 bridgehead atoms. The molecule has 1 aliphatic heterocycles. The molecule has 2 N–H and O–H groups in total. The summed E-state index contributed by atoms with van der Waals surface area (Å²) in [6.07, 6.45) is 1.68. The highest BCUT2D eigenvalue weighted by molar-refractivity contribution is 6.30. The number of amides is 2. The van der Waals surface area contributed by atoms with Crippen LogP contribution in [0.15, 0.2) is 60.9 Å². The van der Waals surface area contributed by atoms with Gasteiger partial charge in [-0.25, -0.2) is 9.97 Å². The van der Waals surface area contributed by atoms with Gasteiger partial charge in [-0.05, 0) is 55.5 Å². The average molecular weight is 422 g/mol. The summed E-state index contributed by atoms with van der Waals surface area (Å²) in [6, 6.07) is 16.2. The van der Waals surface area contributed by atoms with Crippen LogP contribution >= 0.6 is 11.6 Å². The Morgan fingerprint density at radius 2 is 1.77 bits per heavy atom. The van der Waals surface area contributed by atoms with Crippen LogP contribution in [-0.2, 0) is 9.59 Å². The van der Waals surface area contributed by atoms with Gasteiger partial charge in [0.1, 0.15) is 12.1 Å². The molecule has 3 aromatic rings. The van der Waals surface area contributed by atoms with Gasteiger partial charge in [0.15, 0.2) is 0 Å². The first-order valence-corrected chi connectivity index (χ1v) is 9.88. The van der Waals surface area contributed by atoms with E-state index < -0.39 is 5.92 Å². The quantitative estimate of drug-likeness (QED) is 0.645. The van der Waals surface area contributed by atoms with Crippen LogP contribution in [0.4, 0.5) is 22.9 Å². The number of carbonyl (C=O) groups excluding carboxylic acids is 2. The van der Waals surface area contributed by atoms with Crippen molar-refractivity contribution in [2.45, 2.75) is 13.3 Å². The molecule has 7 nitrogen and oxygen atoms in total. The summed E-state index contributed by atoms with van der Waals surface area (Å²) in [4.78, 5) is 34.9. The van der Waals surface area contributed by atoms with Crippen molar-refractivity contribution in [3.8, 4) is 0 Å². The van der Waals surface area contributed by atoms with Crippen LogP contribution in [0.3, 0.4) is 0 Å². The van der Waals surface area contributed by atoms with Gasteiger partial charge in [-0.1, -0.05) is 11.6 Å². The average Bonchev–Trinajstić information content (AvgIpc) is 3.12. The Labute approximate surface area is 179 Å². The van der Waals surface area contributed by atoms with Gasteiger partial charge in [0.05, 0.1) is 5.92 Å². The van der Waals surface area contributed by atoms with E-state index in [-0.39, 0.29) is 18.2 Å². The van der Waals surface area contributed by atoms with E-state index in [4.69, 9.17) is 11.6 Å². The molecule has 1 aliphatic rings. The molecule has 0 aliphatic carbocycles. The lowest BCUT2D eigenvalue weighted by atomic mass is 10.1. The Bertz CT molecular complexity index is 1070. The number of nitrogens with one attached hydrogen (secondary N) is 2. The first-order chi connectivity index (χ1) is 14.5. The highest BCUT2D eigenvalue weighted by Crippen LogP contribution is 2.27. The fraction of sp³-hybridized carbons (Fsp3) is 0.182. The maximum Gasteiger partial charge on any atom is 0.229 e. The SMILES string of the molecule is Cc1cc(Nc2ccc(NC(=O)C3CC(=O)N(c4ccc(Cl)cc4)C3)cc2)ncn1. The zero-order valence-electron chi connectivity index (χ0n) is 16.3. The molecule has 1 atom stereocenters. The smallest absolute Gasteiger partial charge is 0.229 e. The molecular weight excluding hydrogens is 402 g/mol. The first-order valence-electron chi connectivity index (χ1n) is 9.50. The zero-order valence-corrected chi connectivity index (χ0v) is 17.1. The predicted molar refractivity (Wildman–Crippen MR) is 117 cm³/mol. The van der Waals surface area contributed by atoms with Crippen LogP contribution in [-0.4, -0.2) is 28.3 Å². The van der Waals surface area contributed by atoms with E-state index in [0.29, 0.717) is 23.1 Å². The maximum absolute atomic E-state index is 12.7. The molecule has 2 heterocycles. The van der Waals surface area contributed by atoms with Crippen molar-refractivity contribution in [3.63, 3.8) is 0 Å². The van der Waals surface area contributed by atoms with Gasteiger partial charge in [-0.2, -0.15) is 0 Å². The molecule has 1 saturated heterocycles. The topological polar surface area (TPSA) is 87.2 Å². The van der Waals surface area contributed by atoms with Gasteiger partial charge in [-0.3, -0.25) is 9.59 Å². The number of hydrogen-bond donors (Lipinski definition) is 2. The molecule has 30 heavy (non-hydrogen) atoms. The molecule has 1 fully saturated rings. The van der Waals surface area contributed by atoms with Crippen molar-refractivity contribution in [3.05, 3.63) is 71.6 Å². The molecule has 1 unspecified atom stereocenters. The van der Waals surface area contributed by atoms with Crippen molar-refractivity contribution in [1.82, 2.24) is 9.97 Å². The number of halogens is 1. The van der Waals surface area contributed by atoms with Crippen molar-refractivity contribution in [2.75, 3.05) is 22.1 Å².